The van der Waals surface area contributed by atoms with E-state index in [-0.39, 0.29) is 17.8 Å². The minimum absolute atomic E-state index is 0.0512. The number of hydrogen-bond donors (Lipinski definition) is 2. The highest BCUT2D eigenvalue weighted by Gasteiger charge is 2.34. The van der Waals surface area contributed by atoms with E-state index in [1.54, 1.807) is 23.0 Å². The number of amides is 2. The number of morpholine rings is 1. The molecule has 2 N–H and O–H groups in total. The van der Waals surface area contributed by atoms with E-state index in [9.17, 15) is 18.0 Å². The lowest BCUT2D eigenvalue weighted by molar-refractivity contribution is -0.138. The van der Waals surface area contributed by atoms with Crippen molar-refractivity contribution in [2.45, 2.75) is 19.6 Å². The number of halogens is 3. The van der Waals surface area contributed by atoms with Gasteiger partial charge in [-0.25, -0.2) is 9.78 Å². The molecular formula is C29H29F3N6O2. The lowest BCUT2D eigenvalue weighted by Gasteiger charge is -2.27. The van der Waals surface area contributed by atoms with Gasteiger partial charge in [0.05, 0.1) is 30.7 Å². The molecule has 0 radical (unpaired) electrons. The van der Waals surface area contributed by atoms with Crippen molar-refractivity contribution < 1.29 is 22.7 Å². The fourth-order valence-corrected chi connectivity index (χ4v) is 4.65. The molecule has 2 aromatic heterocycles. The van der Waals surface area contributed by atoms with E-state index in [1.807, 2.05) is 37.1 Å². The zero-order valence-electron chi connectivity index (χ0n) is 22.2. The van der Waals surface area contributed by atoms with Gasteiger partial charge in [-0.1, -0.05) is 24.8 Å². The lowest BCUT2D eigenvalue weighted by atomic mass is 10.0. The number of aryl methyl sites for hydroxylation is 1. The highest BCUT2D eigenvalue weighted by atomic mass is 19.4. The van der Waals surface area contributed by atoms with Gasteiger partial charge in [-0.2, -0.15) is 18.3 Å². The number of allylic oxidation sites excluding steroid dienone is 1. The molecule has 1 saturated heterocycles. The number of ether oxygens (including phenoxy) is 1. The number of hydrogen-bond acceptors (Lipinski definition) is 5. The minimum atomic E-state index is -4.55. The number of aromatic nitrogens is 3. The number of pyridine rings is 1. The monoisotopic (exact) mass is 550 g/mol. The van der Waals surface area contributed by atoms with Crippen LogP contribution in [0.4, 0.5) is 29.3 Å². The Bertz CT molecular complexity index is 1560. The Labute approximate surface area is 229 Å². The third-order valence-electron chi connectivity index (χ3n) is 6.77. The largest absolute Gasteiger partial charge is 0.416 e. The molecule has 2 aromatic carbocycles. The summed E-state index contributed by atoms with van der Waals surface area (Å²) < 4.78 is 48.5. The van der Waals surface area contributed by atoms with Crippen molar-refractivity contribution in [3.63, 3.8) is 0 Å². The van der Waals surface area contributed by atoms with Crippen LogP contribution in [0.15, 0.2) is 61.3 Å². The van der Waals surface area contributed by atoms with Crippen LogP contribution < -0.4 is 10.6 Å². The summed E-state index contributed by atoms with van der Waals surface area (Å²) >= 11 is 0. The Morgan fingerprint density at radius 1 is 1.05 bits per heavy atom. The Morgan fingerprint density at radius 2 is 1.73 bits per heavy atom. The maximum absolute atomic E-state index is 13.8. The summed E-state index contributed by atoms with van der Waals surface area (Å²) in [5.41, 5.74) is 4.03. The summed E-state index contributed by atoms with van der Waals surface area (Å²) in [6.07, 6.45) is -2.80. The van der Waals surface area contributed by atoms with Crippen molar-refractivity contribution in [1.82, 2.24) is 19.7 Å². The molecule has 208 valence electrons. The normalized spacial score (nSPS) is 14.3. The van der Waals surface area contributed by atoms with E-state index < -0.39 is 17.8 Å². The average Bonchev–Trinajstić information content (AvgIpc) is 3.30. The first-order valence-electron chi connectivity index (χ1n) is 12.8. The van der Waals surface area contributed by atoms with Crippen LogP contribution in [0.2, 0.25) is 0 Å². The van der Waals surface area contributed by atoms with Gasteiger partial charge >= 0.3 is 12.2 Å². The van der Waals surface area contributed by atoms with Crippen LogP contribution in [0.25, 0.3) is 27.7 Å². The fourth-order valence-electron chi connectivity index (χ4n) is 4.65. The predicted molar refractivity (Wildman–Crippen MR) is 149 cm³/mol. The van der Waals surface area contributed by atoms with E-state index in [1.165, 1.54) is 12.1 Å². The number of carbonyl (C=O) groups is 1. The number of benzene rings is 2. The Kier molecular flexibility index (Phi) is 7.59. The van der Waals surface area contributed by atoms with Gasteiger partial charge in [-0.15, -0.1) is 0 Å². The molecule has 0 aliphatic carbocycles. The Balaban J connectivity index is 1.30. The number of urea groups is 1. The molecule has 0 atom stereocenters. The van der Waals surface area contributed by atoms with Crippen LogP contribution in [0.1, 0.15) is 23.7 Å². The summed E-state index contributed by atoms with van der Waals surface area (Å²) in [4.78, 5) is 19.2. The highest BCUT2D eigenvalue weighted by molar-refractivity contribution is 6.00. The van der Waals surface area contributed by atoms with Crippen molar-refractivity contribution in [3.05, 3.63) is 78.1 Å². The van der Waals surface area contributed by atoms with E-state index in [0.717, 1.165) is 39.5 Å². The van der Waals surface area contributed by atoms with Gasteiger partial charge < -0.3 is 15.4 Å². The summed E-state index contributed by atoms with van der Waals surface area (Å²) in [5, 5.41) is 10.4. The number of anilines is 2. The first kappa shape index (κ1) is 27.4. The van der Waals surface area contributed by atoms with Crippen LogP contribution in [0.3, 0.4) is 0 Å². The van der Waals surface area contributed by atoms with Crippen molar-refractivity contribution >= 4 is 34.0 Å². The van der Waals surface area contributed by atoms with Crippen molar-refractivity contribution in [2.24, 2.45) is 7.05 Å². The van der Waals surface area contributed by atoms with Gasteiger partial charge in [0.15, 0.2) is 5.65 Å². The third-order valence-corrected chi connectivity index (χ3v) is 6.77. The van der Waals surface area contributed by atoms with E-state index >= 15 is 0 Å². The molecular weight excluding hydrogens is 521 g/mol. The molecule has 1 fully saturated rings. The molecule has 0 bridgehead atoms. The summed E-state index contributed by atoms with van der Waals surface area (Å²) in [5.74, 6) is 0. The summed E-state index contributed by atoms with van der Waals surface area (Å²) in [6.45, 7) is 8.17. The molecule has 0 spiro atoms. The molecule has 40 heavy (non-hydrogen) atoms. The average molecular weight is 551 g/mol. The maximum Gasteiger partial charge on any atom is 0.416 e. The van der Waals surface area contributed by atoms with Crippen LogP contribution in [0, 0.1) is 0 Å². The predicted octanol–water partition coefficient (Wildman–Crippen LogP) is 6.16. The van der Waals surface area contributed by atoms with Crippen molar-refractivity contribution in [3.8, 4) is 11.1 Å². The fraction of sp³-hybridized carbons (Fsp3) is 0.276. The van der Waals surface area contributed by atoms with E-state index in [2.05, 4.69) is 27.3 Å². The standard InChI is InChI=1S/C29H29F3N6O2/c1-18(2)26-15-23(24-16-33-37(3)27(24)36-26)19-4-7-21(8-5-19)34-28(39)35-22-9-6-20(25(14-22)29(30,31)32)17-38-10-12-40-13-11-38/h4-9,14-16H,1,10-13,17H2,2-3H3,(H2,34,35,39). The second kappa shape index (κ2) is 11.1. The van der Waals surface area contributed by atoms with Crippen LogP contribution in [0.5, 0.6) is 0 Å². The number of carbonyl (C=O) groups excluding carboxylic acids is 1. The van der Waals surface area contributed by atoms with E-state index in [0.29, 0.717) is 32.0 Å². The second-order valence-corrected chi connectivity index (χ2v) is 9.76. The van der Waals surface area contributed by atoms with Crippen molar-refractivity contribution in [2.75, 3.05) is 36.9 Å². The van der Waals surface area contributed by atoms with Gasteiger partial charge in [-0.3, -0.25) is 9.58 Å². The van der Waals surface area contributed by atoms with Gasteiger partial charge in [0, 0.05) is 43.4 Å². The molecule has 0 saturated carbocycles. The number of alkyl halides is 3. The molecule has 8 nitrogen and oxygen atoms in total. The molecule has 11 heteroatoms. The second-order valence-electron chi connectivity index (χ2n) is 9.76. The highest BCUT2D eigenvalue weighted by Crippen LogP contribution is 2.35. The molecule has 1 aliphatic heterocycles. The lowest BCUT2D eigenvalue weighted by Crippen LogP contribution is -2.36. The first-order valence-corrected chi connectivity index (χ1v) is 12.8. The number of nitrogens with one attached hydrogen (secondary N) is 2. The van der Waals surface area contributed by atoms with Crippen molar-refractivity contribution in [1.29, 1.82) is 0 Å². The zero-order chi connectivity index (χ0) is 28.4. The minimum Gasteiger partial charge on any atom is -0.379 e. The van der Waals surface area contributed by atoms with Gasteiger partial charge in [-0.05, 0) is 59.5 Å². The molecule has 5 rings (SSSR count). The van der Waals surface area contributed by atoms with Crippen LogP contribution >= 0.6 is 0 Å². The first-order chi connectivity index (χ1) is 19.1. The molecule has 1 aliphatic rings. The maximum atomic E-state index is 13.8. The molecule has 3 heterocycles. The number of rotatable bonds is 6. The molecule has 4 aromatic rings. The SMILES string of the molecule is C=C(C)c1cc(-c2ccc(NC(=O)Nc3ccc(CN4CCOCC4)c(C(F)(F)F)c3)cc2)c2cnn(C)c2n1. The summed E-state index contributed by atoms with van der Waals surface area (Å²) in [7, 11) is 1.82. The van der Waals surface area contributed by atoms with Crippen LogP contribution in [-0.4, -0.2) is 52.0 Å². The van der Waals surface area contributed by atoms with Gasteiger partial charge in [0.25, 0.3) is 0 Å². The van der Waals surface area contributed by atoms with E-state index in [4.69, 9.17) is 4.74 Å². The third kappa shape index (κ3) is 6.00. The van der Waals surface area contributed by atoms with Gasteiger partial charge in [0.1, 0.15) is 0 Å². The smallest absolute Gasteiger partial charge is 0.379 e. The summed E-state index contributed by atoms with van der Waals surface area (Å²) in [6, 6.07) is 12.3. The van der Waals surface area contributed by atoms with Gasteiger partial charge in [0.2, 0.25) is 0 Å². The van der Waals surface area contributed by atoms with Crippen LogP contribution in [-0.2, 0) is 24.5 Å². The number of nitrogens with zero attached hydrogens (tertiary/aromatic N) is 4. The molecule has 2 amide bonds. The number of fused-ring (bicyclic) bond motifs is 1. The topological polar surface area (TPSA) is 84.3 Å². The zero-order valence-corrected chi connectivity index (χ0v) is 22.2. The molecule has 0 unspecified atom stereocenters. The Morgan fingerprint density at radius 3 is 2.40 bits per heavy atom. The quantitative estimate of drug-likeness (QED) is 0.300. The Hall–Kier alpha value is -4.22.